The van der Waals surface area contributed by atoms with Gasteiger partial charge in [-0.25, -0.2) is 0 Å². The summed E-state index contributed by atoms with van der Waals surface area (Å²) in [5.41, 5.74) is 2.56. The van der Waals surface area contributed by atoms with Crippen molar-refractivity contribution in [1.82, 2.24) is 0 Å². The lowest BCUT2D eigenvalue weighted by molar-refractivity contribution is -0.218. The normalized spacial score (nSPS) is 49.4. The predicted molar refractivity (Wildman–Crippen MR) is 58.3 cm³/mol. The average Bonchev–Trinajstić information content (AvgIpc) is 2.53. The van der Waals surface area contributed by atoms with E-state index in [1.807, 2.05) is 0 Å². The number of rotatable bonds is 0. The molecule has 15 heavy (non-hydrogen) atoms. The maximum Gasteiger partial charge on any atom is 0.188 e. The van der Waals surface area contributed by atoms with Crippen LogP contribution in [-0.4, -0.2) is 16.5 Å². The minimum absolute atomic E-state index is 0.0794. The standard InChI is InChI=1S/C13H20O2/c1-9-10-5-3-4-6-11(10)12(2)7-8-13(9,14)15-12/h11,14H,3-8H2,1-2H3/t11-,12-,13+/m1/s1. The van der Waals surface area contributed by atoms with Crippen LogP contribution in [0.2, 0.25) is 0 Å². The first kappa shape index (κ1) is 9.86. The number of hydrogen-bond donors (Lipinski definition) is 1. The maximum atomic E-state index is 10.4. The van der Waals surface area contributed by atoms with Gasteiger partial charge < -0.3 is 9.84 Å². The zero-order valence-electron chi connectivity index (χ0n) is 9.68. The van der Waals surface area contributed by atoms with E-state index in [4.69, 9.17) is 4.74 Å². The molecular formula is C13H20O2. The predicted octanol–water partition coefficient (Wildman–Crippen LogP) is 2.76. The second kappa shape index (κ2) is 2.86. The molecule has 2 fully saturated rings. The van der Waals surface area contributed by atoms with Crippen molar-refractivity contribution in [3.63, 3.8) is 0 Å². The van der Waals surface area contributed by atoms with Crippen molar-refractivity contribution in [2.45, 2.75) is 63.8 Å². The van der Waals surface area contributed by atoms with Gasteiger partial charge in [0.25, 0.3) is 0 Å². The summed E-state index contributed by atoms with van der Waals surface area (Å²) in [6.07, 6.45) is 6.83. The van der Waals surface area contributed by atoms with Crippen molar-refractivity contribution in [2.75, 3.05) is 0 Å². The van der Waals surface area contributed by atoms with Crippen LogP contribution < -0.4 is 0 Å². The summed E-state index contributed by atoms with van der Waals surface area (Å²) in [6.45, 7) is 4.26. The molecular weight excluding hydrogens is 188 g/mol. The highest BCUT2D eigenvalue weighted by molar-refractivity contribution is 5.31. The van der Waals surface area contributed by atoms with Gasteiger partial charge in [0.15, 0.2) is 5.79 Å². The van der Waals surface area contributed by atoms with E-state index < -0.39 is 5.79 Å². The SMILES string of the molecule is CC1=C2CCCC[C@H]2[C@@]2(C)CC[C@]1(O)O2. The zero-order chi connectivity index (χ0) is 10.7. The van der Waals surface area contributed by atoms with Crippen molar-refractivity contribution in [1.29, 1.82) is 0 Å². The van der Waals surface area contributed by atoms with Crippen molar-refractivity contribution in [3.8, 4) is 0 Å². The molecule has 2 aliphatic heterocycles. The van der Waals surface area contributed by atoms with Gasteiger partial charge in [-0.2, -0.15) is 0 Å². The number of hydrogen-bond acceptors (Lipinski definition) is 2. The Balaban J connectivity index is 2.10. The van der Waals surface area contributed by atoms with E-state index in [1.54, 1.807) is 0 Å². The van der Waals surface area contributed by atoms with E-state index >= 15 is 0 Å². The van der Waals surface area contributed by atoms with Gasteiger partial charge in [0.1, 0.15) is 0 Å². The van der Waals surface area contributed by atoms with Gasteiger partial charge in [0.2, 0.25) is 0 Å². The van der Waals surface area contributed by atoms with Crippen LogP contribution in [0.5, 0.6) is 0 Å². The highest BCUT2D eigenvalue weighted by Gasteiger charge is 2.56. The molecule has 0 aromatic heterocycles. The zero-order valence-corrected chi connectivity index (χ0v) is 9.68. The molecule has 1 N–H and O–H groups in total. The molecule has 0 spiro atoms. The minimum Gasteiger partial charge on any atom is -0.362 e. The number of aliphatic hydroxyl groups is 1. The molecule has 3 rings (SSSR count). The summed E-state index contributed by atoms with van der Waals surface area (Å²) in [7, 11) is 0. The number of ether oxygens (including phenoxy) is 1. The Bertz CT molecular complexity index is 333. The highest BCUT2D eigenvalue weighted by atomic mass is 16.6. The van der Waals surface area contributed by atoms with Crippen molar-refractivity contribution >= 4 is 0 Å². The van der Waals surface area contributed by atoms with Gasteiger partial charge >= 0.3 is 0 Å². The topological polar surface area (TPSA) is 29.5 Å². The van der Waals surface area contributed by atoms with Crippen LogP contribution >= 0.6 is 0 Å². The summed E-state index contributed by atoms with van der Waals surface area (Å²) in [5.74, 6) is -0.341. The van der Waals surface area contributed by atoms with Crippen LogP contribution in [0.25, 0.3) is 0 Å². The Hall–Kier alpha value is -0.340. The number of fused-ring (bicyclic) bond motifs is 4. The van der Waals surface area contributed by atoms with Crippen molar-refractivity contribution < 1.29 is 9.84 Å². The average molecular weight is 208 g/mol. The molecule has 0 aromatic carbocycles. The summed E-state index contributed by atoms with van der Waals surface area (Å²) in [6, 6.07) is 0. The summed E-state index contributed by atoms with van der Waals surface area (Å²) < 4.78 is 5.95. The van der Waals surface area contributed by atoms with Crippen molar-refractivity contribution in [2.24, 2.45) is 5.92 Å². The van der Waals surface area contributed by atoms with E-state index in [1.165, 1.54) is 31.3 Å². The Morgan fingerprint density at radius 1 is 1.33 bits per heavy atom. The molecule has 2 heteroatoms. The fraction of sp³-hybridized carbons (Fsp3) is 0.846. The second-order valence-corrected chi connectivity index (χ2v) is 5.65. The molecule has 2 nitrogen and oxygen atoms in total. The molecule has 0 unspecified atom stereocenters. The van der Waals surface area contributed by atoms with Gasteiger partial charge in [-0.05, 0) is 45.1 Å². The van der Waals surface area contributed by atoms with E-state index in [9.17, 15) is 5.11 Å². The molecule has 0 amide bonds. The van der Waals surface area contributed by atoms with Crippen molar-refractivity contribution in [3.05, 3.63) is 11.1 Å². The maximum absolute atomic E-state index is 10.4. The Kier molecular flexibility index (Phi) is 1.88. The molecule has 2 heterocycles. The first-order valence-corrected chi connectivity index (χ1v) is 6.18. The third-order valence-electron chi connectivity index (χ3n) is 4.78. The van der Waals surface area contributed by atoms with E-state index in [-0.39, 0.29) is 5.60 Å². The molecule has 1 aliphatic carbocycles. The summed E-state index contributed by atoms with van der Waals surface area (Å²) >= 11 is 0. The van der Waals surface area contributed by atoms with Gasteiger partial charge in [-0.1, -0.05) is 12.0 Å². The Morgan fingerprint density at radius 3 is 2.93 bits per heavy atom. The van der Waals surface area contributed by atoms with E-state index in [0.29, 0.717) is 5.92 Å². The summed E-state index contributed by atoms with van der Waals surface area (Å²) in [4.78, 5) is 0. The first-order chi connectivity index (χ1) is 7.05. The first-order valence-electron chi connectivity index (χ1n) is 6.18. The van der Waals surface area contributed by atoms with Gasteiger partial charge in [-0.3, -0.25) is 0 Å². The fourth-order valence-electron chi connectivity index (χ4n) is 3.80. The lowest BCUT2D eigenvalue weighted by Gasteiger charge is -2.45. The smallest absolute Gasteiger partial charge is 0.188 e. The molecule has 1 saturated heterocycles. The molecule has 1 saturated carbocycles. The van der Waals surface area contributed by atoms with E-state index in [0.717, 1.165) is 18.4 Å². The third-order valence-corrected chi connectivity index (χ3v) is 4.78. The van der Waals surface area contributed by atoms with Crippen LogP contribution in [0.4, 0.5) is 0 Å². The Labute approximate surface area is 91.3 Å². The highest BCUT2D eigenvalue weighted by Crippen LogP contribution is 2.55. The van der Waals surface area contributed by atoms with Gasteiger partial charge in [0, 0.05) is 12.3 Å². The second-order valence-electron chi connectivity index (χ2n) is 5.65. The minimum atomic E-state index is -0.919. The Morgan fingerprint density at radius 2 is 2.13 bits per heavy atom. The van der Waals surface area contributed by atoms with Crippen LogP contribution in [0.1, 0.15) is 52.4 Å². The third kappa shape index (κ3) is 1.18. The molecule has 2 bridgehead atoms. The van der Waals surface area contributed by atoms with Gasteiger partial charge in [0.05, 0.1) is 5.60 Å². The molecule has 0 radical (unpaired) electrons. The summed E-state index contributed by atoms with van der Waals surface area (Å²) in [5, 5.41) is 10.4. The van der Waals surface area contributed by atoms with Crippen LogP contribution in [0, 0.1) is 5.92 Å². The lowest BCUT2D eigenvalue weighted by atomic mass is 9.72. The molecule has 3 atom stereocenters. The molecule has 0 aromatic rings. The van der Waals surface area contributed by atoms with Crippen LogP contribution in [-0.2, 0) is 4.74 Å². The molecule has 84 valence electrons. The molecule has 3 aliphatic rings. The van der Waals surface area contributed by atoms with Gasteiger partial charge in [-0.15, -0.1) is 0 Å². The monoisotopic (exact) mass is 208 g/mol. The lowest BCUT2D eigenvalue weighted by Crippen LogP contribution is -2.46. The van der Waals surface area contributed by atoms with Crippen LogP contribution in [0.15, 0.2) is 11.1 Å². The van der Waals surface area contributed by atoms with Crippen LogP contribution in [0.3, 0.4) is 0 Å². The quantitative estimate of drug-likeness (QED) is 0.620. The van der Waals surface area contributed by atoms with E-state index in [2.05, 4.69) is 13.8 Å². The fourth-order valence-corrected chi connectivity index (χ4v) is 3.80. The largest absolute Gasteiger partial charge is 0.362 e.